The van der Waals surface area contributed by atoms with Crippen LogP contribution in [0, 0.1) is 10.1 Å². The van der Waals surface area contributed by atoms with Crippen LogP contribution >= 0.6 is 11.8 Å². The molecule has 1 N–H and O–H groups in total. The molecule has 1 aliphatic heterocycles. The fraction of sp³-hybridized carbons (Fsp3) is 0.538. The van der Waals surface area contributed by atoms with Crippen molar-refractivity contribution in [1.29, 1.82) is 0 Å². The van der Waals surface area contributed by atoms with Gasteiger partial charge in [0.05, 0.1) is 15.9 Å². The van der Waals surface area contributed by atoms with Crippen LogP contribution in [0.15, 0.2) is 23.1 Å². The first-order chi connectivity index (χ1) is 9.08. The molecule has 1 aromatic rings. The van der Waals surface area contributed by atoms with Crippen molar-refractivity contribution in [2.45, 2.75) is 36.0 Å². The molecule has 0 saturated carbocycles. The maximum Gasteiger partial charge on any atom is 0.283 e. The highest BCUT2D eigenvalue weighted by Crippen LogP contribution is 2.37. The molecule has 0 bridgehead atoms. The van der Waals surface area contributed by atoms with Gasteiger partial charge in [0.2, 0.25) is 0 Å². The monoisotopic (exact) mass is 283 g/mol. The zero-order valence-corrected chi connectivity index (χ0v) is 11.6. The number of nitro benzene ring substituents is 1. The molecule has 1 saturated heterocycles. The Morgan fingerprint density at radius 2 is 2.16 bits per heavy atom. The van der Waals surface area contributed by atoms with E-state index in [1.807, 2.05) is 0 Å². The summed E-state index contributed by atoms with van der Waals surface area (Å²) >= 11 is 1.54. The van der Waals surface area contributed by atoms with E-state index in [4.69, 9.17) is 4.74 Å². The highest BCUT2D eigenvalue weighted by Gasteiger charge is 2.22. The third-order valence-electron chi connectivity index (χ3n) is 3.12. The summed E-state index contributed by atoms with van der Waals surface area (Å²) in [5.74, 6) is 0. The van der Waals surface area contributed by atoms with Gasteiger partial charge in [-0.15, -0.1) is 11.8 Å². The molecular formula is C13H17NO4S. The van der Waals surface area contributed by atoms with Crippen LogP contribution in [0.5, 0.6) is 0 Å². The van der Waals surface area contributed by atoms with Crippen LogP contribution in [-0.4, -0.2) is 28.5 Å². The summed E-state index contributed by atoms with van der Waals surface area (Å²) in [5.41, 5.74) is 0.651. The normalized spacial score (nSPS) is 18.2. The Morgan fingerprint density at radius 1 is 1.47 bits per heavy atom. The molecule has 1 aliphatic rings. The summed E-state index contributed by atoms with van der Waals surface area (Å²) in [7, 11) is 0. The van der Waals surface area contributed by atoms with Gasteiger partial charge in [-0.05, 0) is 31.4 Å². The molecule has 0 aromatic heterocycles. The standard InChI is InChI=1S/C13H17NO4S/c1-9(15)10-2-3-13(12(8-10)14(16)17)19-11-4-6-18-7-5-11/h2-3,8-9,11,15H,4-7H2,1H3/t9-/m1/s1. The Hall–Kier alpha value is -1.11. The number of nitrogens with zero attached hydrogens (tertiary/aromatic N) is 1. The summed E-state index contributed by atoms with van der Waals surface area (Å²) < 4.78 is 5.29. The minimum atomic E-state index is -0.694. The van der Waals surface area contributed by atoms with Gasteiger partial charge in [-0.3, -0.25) is 10.1 Å². The van der Waals surface area contributed by atoms with E-state index in [0.29, 0.717) is 15.7 Å². The highest BCUT2D eigenvalue weighted by atomic mass is 32.2. The summed E-state index contributed by atoms with van der Waals surface area (Å²) in [6, 6.07) is 4.95. The number of rotatable bonds is 4. The average molecular weight is 283 g/mol. The van der Waals surface area contributed by atoms with E-state index in [1.54, 1.807) is 19.1 Å². The zero-order valence-electron chi connectivity index (χ0n) is 10.7. The van der Waals surface area contributed by atoms with Crippen molar-refractivity contribution < 1.29 is 14.8 Å². The molecule has 0 aliphatic carbocycles. The van der Waals surface area contributed by atoms with Crippen molar-refractivity contribution >= 4 is 17.4 Å². The van der Waals surface area contributed by atoms with Crippen molar-refractivity contribution in [2.24, 2.45) is 0 Å². The quantitative estimate of drug-likeness (QED) is 0.679. The van der Waals surface area contributed by atoms with E-state index in [-0.39, 0.29) is 10.6 Å². The van der Waals surface area contributed by atoms with Gasteiger partial charge in [-0.2, -0.15) is 0 Å². The van der Waals surface area contributed by atoms with E-state index < -0.39 is 6.10 Å². The molecule has 0 spiro atoms. The fourth-order valence-electron chi connectivity index (χ4n) is 2.01. The SMILES string of the molecule is C[C@@H](O)c1ccc(SC2CCOCC2)c([N+](=O)[O-])c1. The molecule has 0 radical (unpaired) electrons. The minimum absolute atomic E-state index is 0.0786. The van der Waals surface area contributed by atoms with E-state index in [2.05, 4.69) is 0 Å². The number of hydrogen-bond acceptors (Lipinski definition) is 5. The van der Waals surface area contributed by atoms with E-state index in [0.717, 1.165) is 26.1 Å². The predicted molar refractivity (Wildman–Crippen MR) is 73.4 cm³/mol. The van der Waals surface area contributed by atoms with Gasteiger partial charge >= 0.3 is 0 Å². The number of thioether (sulfide) groups is 1. The molecule has 1 heterocycles. The largest absolute Gasteiger partial charge is 0.389 e. The van der Waals surface area contributed by atoms with Gasteiger partial charge in [0.15, 0.2) is 0 Å². The molecule has 19 heavy (non-hydrogen) atoms. The lowest BCUT2D eigenvalue weighted by atomic mass is 10.1. The van der Waals surface area contributed by atoms with Crippen LogP contribution in [-0.2, 0) is 4.74 Å². The molecule has 104 valence electrons. The predicted octanol–water partition coefficient (Wildman–Crippen LogP) is 2.92. The fourth-order valence-corrected chi connectivity index (χ4v) is 3.20. The zero-order chi connectivity index (χ0) is 13.8. The van der Waals surface area contributed by atoms with Gasteiger partial charge < -0.3 is 9.84 Å². The number of ether oxygens (including phenoxy) is 1. The molecule has 0 amide bonds. The van der Waals surface area contributed by atoms with Crippen LogP contribution in [0.1, 0.15) is 31.4 Å². The molecule has 1 aromatic carbocycles. The van der Waals surface area contributed by atoms with Crippen molar-refractivity contribution in [3.8, 4) is 0 Å². The number of benzene rings is 1. The summed E-state index contributed by atoms with van der Waals surface area (Å²) in [6.07, 6.45) is 1.14. The van der Waals surface area contributed by atoms with Crippen molar-refractivity contribution in [3.05, 3.63) is 33.9 Å². The van der Waals surface area contributed by atoms with Crippen LogP contribution in [0.3, 0.4) is 0 Å². The Bertz CT molecular complexity index is 458. The molecule has 6 heteroatoms. The van der Waals surface area contributed by atoms with Crippen molar-refractivity contribution in [3.63, 3.8) is 0 Å². The lowest BCUT2D eigenvalue weighted by Gasteiger charge is -2.21. The van der Waals surface area contributed by atoms with Gasteiger partial charge in [-0.25, -0.2) is 0 Å². The lowest BCUT2D eigenvalue weighted by molar-refractivity contribution is -0.387. The number of aliphatic hydroxyl groups excluding tert-OH is 1. The maximum atomic E-state index is 11.1. The third kappa shape index (κ3) is 3.68. The topological polar surface area (TPSA) is 72.6 Å². The molecule has 1 fully saturated rings. The van der Waals surface area contributed by atoms with Crippen molar-refractivity contribution in [1.82, 2.24) is 0 Å². The number of nitro groups is 1. The van der Waals surface area contributed by atoms with Crippen LogP contribution < -0.4 is 0 Å². The summed E-state index contributed by atoms with van der Waals surface area (Å²) in [6.45, 7) is 3.04. The Morgan fingerprint density at radius 3 is 2.74 bits per heavy atom. The smallest absolute Gasteiger partial charge is 0.283 e. The molecule has 0 unspecified atom stereocenters. The van der Waals surface area contributed by atoms with Crippen LogP contribution in [0.25, 0.3) is 0 Å². The van der Waals surface area contributed by atoms with Gasteiger partial charge in [-0.1, -0.05) is 6.07 Å². The second kappa shape index (κ2) is 6.36. The van der Waals surface area contributed by atoms with Crippen LogP contribution in [0.4, 0.5) is 5.69 Å². The second-order valence-corrected chi connectivity index (χ2v) is 5.93. The summed E-state index contributed by atoms with van der Waals surface area (Å²) in [4.78, 5) is 11.4. The van der Waals surface area contributed by atoms with Crippen LogP contribution in [0.2, 0.25) is 0 Å². The minimum Gasteiger partial charge on any atom is -0.389 e. The third-order valence-corrected chi connectivity index (χ3v) is 4.53. The van der Waals surface area contributed by atoms with Gasteiger partial charge in [0.1, 0.15) is 0 Å². The molecule has 2 rings (SSSR count). The number of hydrogen-bond donors (Lipinski definition) is 1. The average Bonchev–Trinajstić information content (AvgIpc) is 2.39. The van der Waals surface area contributed by atoms with E-state index >= 15 is 0 Å². The molecule has 5 nitrogen and oxygen atoms in total. The second-order valence-electron chi connectivity index (χ2n) is 4.59. The first kappa shape index (κ1) is 14.3. The van der Waals surface area contributed by atoms with E-state index in [1.165, 1.54) is 17.8 Å². The molecule has 1 atom stereocenters. The Labute approximate surface area is 116 Å². The maximum absolute atomic E-state index is 11.1. The van der Waals surface area contributed by atoms with Gasteiger partial charge in [0, 0.05) is 24.5 Å². The molecular weight excluding hydrogens is 266 g/mol. The highest BCUT2D eigenvalue weighted by molar-refractivity contribution is 8.00. The lowest BCUT2D eigenvalue weighted by Crippen LogP contribution is -2.17. The number of aliphatic hydroxyl groups is 1. The van der Waals surface area contributed by atoms with Gasteiger partial charge in [0.25, 0.3) is 5.69 Å². The Kier molecular flexibility index (Phi) is 4.79. The van der Waals surface area contributed by atoms with E-state index in [9.17, 15) is 15.2 Å². The Balaban J connectivity index is 2.21. The summed E-state index contributed by atoms with van der Waals surface area (Å²) in [5, 5.41) is 21.0. The first-order valence-electron chi connectivity index (χ1n) is 6.28. The first-order valence-corrected chi connectivity index (χ1v) is 7.16. The van der Waals surface area contributed by atoms with Crippen molar-refractivity contribution in [2.75, 3.05) is 13.2 Å².